The van der Waals surface area contributed by atoms with Crippen LogP contribution in [0.4, 0.5) is 5.69 Å². The van der Waals surface area contributed by atoms with Gasteiger partial charge in [-0.05, 0) is 81.1 Å². The molecule has 0 saturated carbocycles. The molecule has 1 aliphatic carbocycles. The van der Waals surface area contributed by atoms with Crippen molar-refractivity contribution in [3.8, 4) is 28.2 Å². The molecule has 2 aromatic rings. The molecule has 198 valence electrons. The van der Waals surface area contributed by atoms with E-state index in [1.54, 1.807) is 12.1 Å². The minimum atomic E-state index is -1.09. The number of nitrogens with zero attached hydrogens (tertiary/aromatic N) is 1. The second-order valence-corrected chi connectivity index (χ2v) is 9.14. The number of aryl methyl sites for hydroxylation is 2. The van der Waals surface area contributed by atoms with Crippen LogP contribution in [0.3, 0.4) is 0 Å². The van der Waals surface area contributed by atoms with E-state index in [9.17, 15) is 14.7 Å². The standard InChI is InChI=1S/C30H32N2O6/c1-5-31-24-15-26-22(12-17(24)3)29(23-13-18(4)25(32-6-2)16-27(23)38-26)20-10-9-19(14-21(20)30(35)36)37-11-7-8-28(33)34/h9-10,12-16,31H,5-8,11H2,1-4H3,(H,33,34)(H,35,36). The Kier molecular flexibility index (Phi) is 8.00. The van der Waals surface area contributed by atoms with E-state index in [1.807, 2.05) is 52.0 Å². The molecule has 8 nitrogen and oxygen atoms in total. The number of hydrogen-bond acceptors (Lipinski definition) is 6. The molecular formula is C30H32N2O6. The number of hydrogen-bond donors (Lipinski definition) is 3. The van der Waals surface area contributed by atoms with E-state index in [1.165, 1.54) is 6.07 Å². The number of aromatic carboxylic acids is 1. The SMILES string of the molecule is CCN=c1cc2oc3cc(NCC)c(C)cc3c(-c3ccc(OCCCC(=O)O)cc3C(=O)O)c-2cc1C. The second-order valence-electron chi connectivity index (χ2n) is 9.14. The van der Waals surface area contributed by atoms with E-state index < -0.39 is 11.9 Å². The smallest absolute Gasteiger partial charge is 0.336 e. The average Bonchev–Trinajstić information content (AvgIpc) is 2.87. The van der Waals surface area contributed by atoms with Crippen molar-refractivity contribution in [1.29, 1.82) is 0 Å². The van der Waals surface area contributed by atoms with Crippen LogP contribution in [-0.4, -0.2) is 41.8 Å². The van der Waals surface area contributed by atoms with Gasteiger partial charge < -0.3 is 24.7 Å². The van der Waals surface area contributed by atoms with Gasteiger partial charge in [0.05, 0.1) is 17.5 Å². The highest BCUT2D eigenvalue weighted by Crippen LogP contribution is 2.43. The van der Waals surface area contributed by atoms with E-state index in [2.05, 4.69) is 10.3 Å². The van der Waals surface area contributed by atoms with Gasteiger partial charge in [-0.1, -0.05) is 0 Å². The zero-order valence-corrected chi connectivity index (χ0v) is 22.1. The van der Waals surface area contributed by atoms with Gasteiger partial charge in [0, 0.05) is 53.8 Å². The van der Waals surface area contributed by atoms with E-state index in [0.29, 0.717) is 35.6 Å². The highest BCUT2D eigenvalue weighted by molar-refractivity contribution is 6.08. The van der Waals surface area contributed by atoms with Gasteiger partial charge in [-0.15, -0.1) is 0 Å². The fraction of sp³-hybridized carbons (Fsp3) is 0.300. The minimum Gasteiger partial charge on any atom is -0.494 e. The molecule has 8 heteroatoms. The average molecular weight is 517 g/mol. The van der Waals surface area contributed by atoms with Crippen molar-refractivity contribution in [3.63, 3.8) is 0 Å². The minimum absolute atomic E-state index is 0.0186. The van der Waals surface area contributed by atoms with Crippen molar-refractivity contribution < 1.29 is 29.0 Å². The maximum absolute atomic E-state index is 12.5. The molecule has 38 heavy (non-hydrogen) atoms. The Morgan fingerprint density at radius 1 is 1.00 bits per heavy atom. The van der Waals surface area contributed by atoms with Gasteiger partial charge in [-0.3, -0.25) is 9.79 Å². The van der Waals surface area contributed by atoms with Crippen LogP contribution in [-0.2, 0) is 4.79 Å². The fourth-order valence-electron chi connectivity index (χ4n) is 4.62. The van der Waals surface area contributed by atoms with Gasteiger partial charge in [-0.25, -0.2) is 4.79 Å². The van der Waals surface area contributed by atoms with Gasteiger partial charge in [0.25, 0.3) is 0 Å². The molecule has 2 aliphatic rings. The molecule has 1 heterocycles. The third kappa shape index (κ3) is 5.49. The summed E-state index contributed by atoms with van der Waals surface area (Å²) in [7, 11) is 0. The molecule has 0 fully saturated rings. The maximum atomic E-state index is 12.5. The Labute approximate surface area is 220 Å². The van der Waals surface area contributed by atoms with E-state index in [0.717, 1.165) is 45.2 Å². The first-order valence-electron chi connectivity index (χ1n) is 12.7. The van der Waals surface area contributed by atoms with E-state index >= 15 is 0 Å². The predicted molar refractivity (Wildman–Crippen MR) is 147 cm³/mol. The number of rotatable bonds is 10. The van der Waals surface area contributed by atoms with Crippen LogP contribution in [0.15, 0.2) is 51.9 Å². The molecule has 1 aliphatic heterocycles. The van der Waals surface area contributed by atoms with Gasteiger partial charge in [0.2, 0.25) is 0 Å². The molecule has 0 unspecified atom stereocenters. The Hall–Kier alpha value is -4.33. The number of benzene rings is 3. The lowest BCUT2D eigenvalue weighted by Gasteiger charge is -2.20. The van der Waals surface area contributed by atoms with Crippen molar-refractivity contribution in [3.05, 3.63) is 64.5 Å². The van der Waals surface area contributed by atoms with Crippen molar-refractivity contribution >= 4 is 28.6 Å². The van der Waals surface area contributed by atoms with Crippen molar-refractivity contribution in [1.82, 2.24) is 0 Å². The first-order valence-corrected chi connectivity index (χ1v) is 12.7. The first kappa shape index (κ1) is 26.7. The lowest BCUT2D eigenvalue weighted by atomic mass is 9.89. The zero-order chi connectivity index (χ0) is 27.4. The predicted octanol–water partition coefficient (Wildman–Crippen LogP) is 6.12. The normalized spacial score (nSPS) is 11.7. The third-order valence-electron chi connectivity index (χ3n) is 6.37. The Bertz CT molecular complexity index is 1550. The van der Waals surface area contributed by atoms with Crippen LogP contribution in [0, 0.1) is 13.8 Å². The molecule has 4 rings (SSSR count). The van der Waals surface area contributed by atoms with Crippen LogP contribution in [0.1, 0.15) is 48.2 Å². The van der Waals surface area contributed by atoms with Gasteiger partial charge in [0.15, 0.2) is 0 Å². The summed E-state index contributed by atoms with van der Waals surface area (Å²) in [6.45, 7) is 9.55. The Morgan fingerprint density at radius 2 is 1.79 bits per heavy atom. The summed E-state index contributed by atoms with van der Waals surface area (Å²) >= 11 is 0. The summed E-state index contributed by atoms with van der Waals surface area (Å²) in [4.78, 5) is 27.8. The number of aliphatic carboxylic acids is 1. The highest BCUT2D eigenvalue weighted by atomic mass is 16.5. The maximum Gasteiger partial charge on any atom is 0.336 e. The van der Waals surface area contributed by atoms with Crippen molar-refractivity contribution in [2.75, 3.05) is 25.0 Å². The summed E-state index contributed by atoms with van der Waals surface area (Å²) < 4.78 is 12.1. The quantitative estimate of drug-likeness (QED) is 0.172. The molecule has 2 aromatic carbocycles. The van der Waals surface area contributed by atoms with Gasteiger partial charge >= 0.3 is 11.9 Å². The van der Waals surface area contributed by atoms with Crippen LogP contribution in [0.25, 0.3) is 33.4 Å². The molecular weight excluding hydrogens is 484 g/mol. The van der Waals surface area contributed by atoms with Gasteiger partial charge in [-0.2, -0.15) is 0 Å². The fourth-order valence-corrected chi connectivity index (χ4v) is 4.62. The number of nitrogens with one attached hydrogen (secondary N) is 1. The molecule has 0 amide bonds. The van der Waals surface area contributed by atoms with Crippen LogP contribution in [0.5, 0.6) is 5.75 Å². The van der Waals surface area contributed by atoms with Crippen molar-refractivity contribution in [2.24, 2.45) is 4.99 Å². The van der Waals surface area contributed by atoms with Crippen LogP contribution < -0.4 is 15.4 Å². The van der Waals surface area contributed by atoms with Crippen LogP contribution in [0.2, 0.25) is 0 Å². The molecule has 0 atom stereocenters. The molecule has 0 radical (unpaired) electrons. The Balaban J connectivity index is 1.98. The summed E-state index contributed by atoms with van der Waals surface area (Å²) in [5, 5.41) is 24.0. The highest BCUT2D eigenvalue weighted by Gasteiger charge is 2.23. The van der Waals surface area contributed by atoms with Crippen molar-refractivity contribution in [2.45, 2.75) is 40.5 Å². The Morgan fingerprint density at radius 3 is 2.47 bits per heavy atom. The summed E-state index contributed by atoms with van der Waals surface area (Å²) in [5.74, 6) is -1.01. The lowest BCUT2D eigenvalue weighted by Crippen LogP contribution is -2.10. The molecule has 3 N–H and O–H groups in total. The van der Waals surface area contributed by atoms with Gasteiger partial charge in [0.1, 0.15) is 17.1 Å². The topological polar surface area (TPSA) is 121 Å². The molecule has 0 spiro atoms. The largest absolute Gasteiger partial charge is 0.494 e. The number of ether oxygens (including phenoxy) is 1. The molecule has 0 bridgehead atoms. The first-order chi connectivity index (χ1) is 18.2. The zero-order valence-electron chi connectivity index (χ0n) is 22.1. The lowest BCUT2D eigenvalue weighted by molar-refractivity contribution is -0.137. The summed E-state index contributed by atoms with van der Waals surface area (Å²) in [6, 6.07) is 12.8. The van der Waals surface area contributed by atoms with E-state index in [-0.39, 0.29) is 18.6 Å². The number of carboxylic acid groups (broad SMARTS) is 2. The molecule has 0 saturated heterocycles. The number of carbonyl (C=O) groups is 2. The van der Waals surface area contributed by atoms with E-state index in [4.69, 9.17) is 14.3 Å². The third-order valence-corrected chi connectivity index (χ3v) is 6.37. The monoisotopic (exact) mass is 516 g/mol. The second kappa shape index (κ2) is 11.4. The van der Waals surface area contributed by atoms with Crippen LogP contribution >= 0.6 is 0 Å². The summed E-state index contributed by atoms with van der Waals surface area (Å²) in [5.41, 5.74) is 5.73. The number of carboxylic acids is 2. The molecule has 0 aromatic heterocycles. The number of fused-ring (bicyclic) bond motifs is 2. The summed E-state index contributed by atoms with van der Waals surface area (Å²) in [6.07, 6.45) is 0.308. The number of anilines is 1.